The van der Waals surface area contributed by atoms with Gasteiger partial charge in [-0.2, -0.15) is 25.3 Å². The highest BCUT2D eigenvalue weighted by Crippen LogP contribution is 2.06. The van der Waals surface area contributed by atoms with Crippen LogP contribution >= 0.6 is 25.3 Å². The standard InChI is InChI=1S/C12H24N2O2S2/c1-2-3-4-5-6-7-10(13-11(15)8-17)14-12(16)9-18/h10,17-18H,2-9H2,1H3,(H,13,15)(H,14,16). The summed E-state index contributed by atoms with van der Waals surface area (Å²) in [5, 5.41) is 5.48. The van der Waals surface area contributed by atoms with E-state index >= 15 is 0 Å². The highest BCUT2D eigenvalue weighted by Gasteiger charge is 2.12. The lowest BCUT2D eigenvalue weighted by molar-refractivity contribution is -0.121. The summed E-state index contributed by atoms with van der Waals surface area (Å²) in [6.07, 6.45) is 6.20. The summed E-state index contributed by atoms with van der Waals surface area (Å²) >= 11 is 7.80. The molecule has 0 fully saturated rings. The van der Waals surface area contributed by atoms with Gasteiger partial charge in [0.15, 0.2) is 0 Å². The number of carbonyl (C=O) groups is 2. The van der Waals surface area contributed by atoms with Gasteiger partial charge in [-0.25, -0.2) is 0 Å². The van der Waals surface area contributed by atoms with Crippen molar-refractivity contribution in [3.05, 3.63) is 0 Å². The van der Waals surface area contributed by atoms with E-state index in [0.29, 0.717) is 0 Å². The van der Waals surface area contributed by atoms with Gasteiger partial charge >= 0.3 is 0 Å². The van der Waals surface area contributed by atoms with Gasteiger partial charge in [-0.05, 0) is 12.8 Å². The van der Waals surface area contributed by atoms with Crippen LogP contribution in [-0.4, -0.2) is 29.5 Å². The first-order chi connectivity index (χ1) is 8.63. The molecular weight excluding hydrogens is 268 g/mol. The van der Waals surface area contributed by atoms with Crippen molar-refractivity contribution in [3.63, 3.8) is 0 Å². The van der Waals surface area contributed by atoms with Crippen LogP contribution in [0.25, 0.3) is 0 Å². The summed E-state index contributed by atoms with van der Waals surface area (Å²) in [5.74, 6) is -0.0840. The lowest BCUT2D eigenvalue weighted by Gasteiger charge is -2.19. The van der Waals surface area contributed by atoms with Crippen LogP contribution < -0.4 is 10.6 Å². The highest BCUT2D eigenvalue weighted by molar-refractivity contribution is 7.81. The second kappa shape index (κ2) is 11.7. The van der Waals surface area contributed by atoms with E-state index in [1.807, 2.05) is 0 Å². The molecule has 0 radical (unpaired) electrons. The second-order valence-electron chi connectivity index (χ2n) is 4.21. The predicted octanol–water partition coefficient (Wildman–Crippen LogP) is 1.77. The van der Waals surface area contributed by atoms with E-state index in [9.17, 15) is 9.59 Å². The lowest BCUT2D eigenvalue weighted by atomic mass is 10.1. The predicted molar refractivity (Wildman–Crippen MR) is 81.2 cm³/mol. The number of carbonyl (C=O) groups excluding carboxylic acids is 2. The van der Waals surface area contributed by atoms with Crippen LogP contribution in [0.5, 0.6) is 0 Å². The molecule has 0 aliphatic rings. The largest absolute Gasteiger partial charge is 0.335 e. The molecule has 0 spiro atoms. The first kappa shape index (κ1) is 17.6. The third kappa shape index (κ3) is 9.65. The Morgan fingerprint density at radius 2 is 1.44 bits per heavy atom. The van der Waals surface area contributed by atoms with E-state index in [0.717, 1.165) is 19.3 Å². The third-order valence-electron chi connectivity index (χ3n) is 2.55. The van der Waals surface area contributed by atoms with Crippen LogP contribution in [0.4, 0.5) is 0 Å². The van der Waals surface area contributed by atoms with Gasteiger partial charge in [-0.15, -0.1) is 0 Å². The van der Waals surface area contributed by atoms with Crippen molar-refractivity contribution in [1.29, 1.82) is 0 Å². The van der Waals surface area contributed by atoms with Crippen LogP contribution in [0.3, 0.4) is 0 Å². The molecule has 6 heteroatoms. The maximum absolute atomic E-state index is 11.3. The Hall–Kier alpha value is -0.360. The Labute approximate surface area is 120 Å². The van der Waals surface area contributed by atoms with Crippen molar-refractivity contribution >= 4 is 37.1 Å². The average Bonchev–Trinajstić information content (AvgIpc) is 2.37. The van der Waals surface area contributed by atoms with Gasteiger partial charge in [0, 0.05) is 0 Å². The third-order valence-corrected chi connectivity index (χ3v) is 3.13. The van der Waals surface area contributed by atoms with Gasteiger partial charge in [-0.1, -0.05) is 32.6 Å². The Bertz CT molecular complexity index is 232. The first-order valence-corrected chi connectivity index (χ1v) is 7.71. The zero-order valence-corrected chi connectivity index (χ0v) is 12.7. The Morgan fingerprint density at radius 3 is 1.89 bits per heavy atom. The molecule has 2 N–H and O–H groups in total. The van der Waals surface area contributed by atoms with Gasteiger partial charge in [0.25, 0.3) is 0 Å². The van der Waals surface area contributed by atoms with Crippen LogP contribution in [0.15, 0.2) is 0 Å². The molecule has 4 nitrogen and oxygen atoms in total. The van der Waals surface area contributed by atoms with E-state index in [-0.39, 0.29) is 29.5 Å². The second-order valence-corrected chi connectivity index (χ2v) is 4.84. The van der Waals surface area contributed by atoms with E-state index in [2.05, 4.69) is 42.8 Å². The number of amides is 2. The topological polar surface area (TPSA) is 58.2 Å². The van der Waals surface area contributed by atoms with Crippen LogP contribution in [0, 0.1) is 0 Å². The highest BCUT2D eigenvalue weighted by atomic mass is 32.1. The molecule has 0 heterocycles. The van der Waals surface area contributed by atoms with Gasteiger partial charge in [0.2, 0.25) is 11.8 Å². The van der Waals surface area contributed by atoms with Crippen molar-refractivity contribution in [3.8, 4) is 0 Å². The van der Waals surface area contributed by atoms with E-state index in [1.165, 1.54) is 19.3 Å². The SMILES string of the molecule is CCCCCCCC(NC(=O)CS)NC(=O)CS. The molecule has 0 aromatic rings. The summed E-state index contributed by atoms with van der Waals surface area (Å²) in [5.41, 5.74) is 0. The summed E-state index contributed by atoms with van der Waals surface area (Å²) in [6, 6.07) is 0. The smallest absolute Gasteiger partial charge is 0.231 e. The molecule has 0 aromatic carbocycles. The molecule has 0 saturated heterocycles. The summed E-state index contributed by atoms with van der Waals surface area (Å²) in [6.45, 7) is 2.17. The molecule has 0 unspecified atom stereocenters. The Balaban J connectivity index is 3.96. The van der Waals surface area contributed by atoms with Crippen LogP contribution in [0.2, 0.25) is 0 Å². The Kier molecular flexibility index (Phi) is 11.5. The van der Waals surface area contributed by atoms with Crippen molar-refractivity contribution in [1.82, 2.24) is 10.6 Å². The minimum absolute atomic E-state index is 0.128. The molecule has 0 bridgehead atoms. The summed E-state index contributed by atoms with van der Waals surface area (Å²) < 4.78 is 0. The Morgan fingerprint density at radius 1 is 0.944 bits per heavy atom. The van der Waals surface area contributed by atoms with Crippen molar-refractivity contribution in [2.75, 3.05) is 11.5 Å². The fraction of sp³-hybridized carbons (Fsp3) is 0.833. The van der Waals surface area contributed by atoms with Crippen LogP contribution in [-0.2, 0) is 9.59 Å². The van der Waals surface area contributed by atoms with Crippen molar-refractivity contribution < 1.29 is 9.59 Å². The monoisotopic (exact) mass is 292 g/mol. The van der Waals surface area contributed by atoms with Crippen LogP contribution in [0.1, 0.15) is 45.4 Å². The number of hydrogen-bond acceptors (Lipinski definition) is 4. The molecule has 0 saturated carbocycles. The minimum Gasteiger partial charge on any atom is -0.335 e. The average molecular weight is 292 g/mol. The quantitative estimate of drug-likeness (QED) is 0.282. The number of unbranched alkanes of at least 4 members (excludes halogenated alkanes) is 4. The van der Waals surface area contributed by atoms with Crippen molar-refractivity contribution in [2.45, 2.75) is 51.6 Å². The number of hydrogen-bond donors (Lipinski definition) is 4. The van der Waals surface area contributed by atoms with E-state index in [1.54, 1.807) is 0 Å². The molecule has 18 heavy (non-hydrogen) atoms. The molecule has 0 aliphatic carbocycles. The zero-order chi connectivity index (χ0) is 13.8. The summed E-state index contributed by atoms with van der Waals surface area (Å²) in [7, 11) is 0. The molecule has 106 valence electrons. The minimum atomic E-state index is -0.300. The first-order valence-electron chi connectivity index (χ1n) is 6.44. The van der Waals surface area contributed by atoms with Gasteiger partial charge in [-0.3, -0.25) is 9.59 Å². The molecule has 2 amide bonds. The fourth-order valence-corrected chi connectivity index (χ4v) is 1.79. The molecule has 0 aromatic heterocycles. The molecule has 0 rings (SSSR count). The fourth-order valence-electron chi connectivity index (χ4n) is 1.61. The van der Waals surface area contributed by atoms with Crippen molar-refractivity contribution in [2.24, 2.45) is 0 Å². The maximum atomic E-state index is 11.3. The molecule has 0 aliphatic heterocycles. The van der Waals surface area contributed by atoms with Gasteiger partial charge < -0.3 is 10.6 Å². The maximum Gasteiger partial charge on any atom is 0.231 e. The number of rotatable bonds is 10. The summed E-state index contributed by atoms with van der Waals surface area (Å²) in [4.78, 5) is 22.5. The molecule has 0 atom stereocenters. The van der Waals surface area contributed by atoms with E-state index in [4.69, 9.17) is 0 Å². The molecular formula is C12H24N2O2S2. The van der Waals surface area contributed by atoms with E-state index < -0.39 is 0 Å². The van der Waals surface area contributed by atoms with Gasteiger partial charge in [0.1, 0.15) is 6.17 Å². The van der Waals surface area contributed by atoms with Gasteiger partial charge in [0.05, 0.1) is 11.5 Å². The number of thiol groups is 2. The normalized spacial score (nSPS) is 10.4. The number of nitrogens with one attached hydrogen (secondary N) is 2. The lowest BCUT2D eigenvalue weighted by Crippen LogP contribution is -2.48. The zero-order valence-electron chi connectivity index (χ0n) is 10.9.